The molecule has 0 radical (unpaired) electrons. The lowest BCUT2D eigenvalue weighted by Crippen LogP contribution is -2.22. The molecule has 0 aliphatic carbocycles. The molecule has 3 nitrogen and oxygen atoms in total. The van der Waals surface area contributed by atoms with E-state index in [-0.39, 0.29) is 11.4 Å². The molecule has 16 heavy (non-hydrogen) atoms. The van der Waals surface area contributed by atoms with Gasteiger partial charge in [0.1, 0.15) is 18.1 Å². The van der Waals surface area contributed by atoms with E-state index in [0.29, 0.717) is 19.0 Å². The fourth-order valence-electron chi connectivity index (χ4n) is 1.26. The molecule has 1 rings (SSSR count). The summed E-state index contributed by atoms with van der Waals surface area (Å²) in [6, 6.07) is 5.25. The van der Waals surface area contributed by atoms with Crippen LogP contribution in [0.4, 0.5) is 0 Å². The minimum absolute atomic E-state index is 0.142. The maximum Gasteiger partial charge on any atom is 0.126 e. The monoisotopic (exact) mass is 224 g/mol. The summed E-state index contributed by atoms with van der Waals surface area (Å²) in [5.74, 6) is 0.965. The number of hydrogen-bond acceptors (Lipinski definition) is 3. The van der Waals surface area contributed by atoms with Gasteiger partial charge in [-0.1, -0.05) is 6.07 Å². The lowest BCUT2D eigenvalue weighted by atomic mass is 10.2. The van der Waals surface area contributed by atoms with Crippen molar-refractivity contribution in [3.8, 4) is 11.5 Å². The van der Waals surface area contributed by atoms with Crippen LogP contribution >= 0.6 is 0 Å². The van der Waals surface area contributed by atoms with Crippen LogP contribution in [-0.4, -0.2) is 23.9 Å². The Kier molecular flexibility index (Phi) is 4.19. The molecule has 0 amide bonds. The standard InChI is InChI=1S/C13H20O3/c1-10-11(14)6-5-7-12(10)15-8-9-16-13(2,3)4/h5-7,14H,8-9H2,1-4H3. The average Bonchev–Trinajstić information content (AvgIpc) is 2.17. The largest absolute Gasteiger partial charge is 0.508 e. The molecule has 0 aliphatic heterocycles. The van der Waals surface area contributed by atoms with Crippen molar-refractivity contribution in [1.29, 1.82) is 0 Å². The van der Waals surface area contributed by atoms with Crippen molar-refractivity contribution in [3.05, 3.63) is 23.8 Å². The Labute approximate surface area is 97.0 Å². The Hall–Kier alpha value is -1.22. The molecule has 0 bridgehead atoms. The van der Waals surface area contributed by atoms with Crippen LogP contribution in [0.2, 0.25) is 0 Å². The first-order valence-corrected chi connectivity index (χ1v) is 5.45. The van der Waals surface area contributed by atoms with Gasteiger partial charge in [-0.25, -0.2) is 0 Å². The molecule has 0 aromatic heterocycles. The third-order valence-corrected chi connectivity index (χ3v) is 2.13. The number of phenolic OH excluding ortho intramolecular Hbond substituents is 1. The fraction of sp³-hybridized carbons (Fsp3) is 0.538. The van der Waals surface area contributed by atoms with Gasteiger partial charge in [-0.05, 0) is 39.8 Å². The van der Waals surface area contributed by atoms with Crippen LogP contribution in [0.3, 0.4) is 0 Å². The van der Waals surface area contributed by atoms with Crippen LogP contribution in [0.15, 0.2) is 18.2 Å². The van der Waals surface area contributed by atoms with Gasteiger partial charge in [0.25, 0.3) is 0 Å². The number of rotatable bonds is 4. The second kappa shape index (κ2) is 5.21. The molecular weight excluding hydrogens is 204 g/mol. The minimum atomic E-state index is -0.142. The van der Waals surface area contributed by atoms with E-state index in [4.69, 9.17) is 9.47 Å². The maximum atomic E-state index is 9.47. The third-order valence-electron chi connectivity index (χ3n) is 2.13. The Morgan fingerprint density at radius 3 is 2.50 bits per heavy atom. The van der Waals surface area contributed by atoms with Crippen LogP contribution in [0, 0.1) is 6.92 Å². The molecule has 1 aromatic rings. The highest BCUT2D eigenvalue weighted by Gasteiger charge is 2.09. The molecule has 90 valence electrons. The molecule has 3 heteroatoms. The lowest BCUT2D eigenvalue weighted by molar-refractivity contribution is -0.0163. The average molecular weight is 224 g/mol. The molecule has 0 fully saturated rings. The topological polar surface area (TPSA) is 38.7 Å². The summed E-state index contributed by atoms with van der Waals surface area (Å²) < 4.78 is 11.1. The molecule has 0 unspecified atom stereocenters. The maximum absolute atomic E-state index is 9.47. The number of aromatic hydroxyl groups is 1. The predicted molar refractivity (Wildman–Crippen MR) is 64.0 cm³/mol. The van der Waals surface area contributed by atoms with Crippen molar-refractivity contribution in [2.45, 2.75) is 33.3 Å². The van der Waals surface area contributed by atoms with Gasteiger partial charge in [0.05, 0.1) is 12.2 Å². The molecule has 0 heterocycles. The Bertz CT molecular complexity index is 340. The molecule has 0 spiro atoms. The van der Waals surface area contributed by atoms with E-state index < -0.39 is 0 Å². The molecule has 0 saturated carbocycles. The van der Waals surface area contributed by atoms with Gasteiger partial charge in [-0.15, -0.1) is 0 Å². The molecule has 0 atom stereocenters. The zero-order valence-corrected chi connectivity index (χ0v) is 10.4. The lowest BCUT2D eigenvalue weighted by Gasteiger charge is -2.19. The van der Waals surface area contributed by atoms with Gasteiger partial charge in [0.2, 0.25) is 0 Å². The number of ether oxygens (including phenoxy) is 2. The van der Waals surface area contributed by atoms with Crippen molar-refractivity contribution < 1.29 is 14.6 Å². The molecule has 0 aliphatic rings. The van der Waals surface area contributed by atoms with Crippen molar-refractivity contribution in [2.75, 3.05) is 13.2 Å². The highest BCUT2D eigenvalue weighted by Crippen LogP contribution is 2.25. The number of hydrogen-bond donors (Lipinski definition) is 1. The second-order valence-corrected chi connectivity index (χ2v) is 4.71. The van der Waals surface area contributed by atoms with Crippen LogP contribution in [0.5, 0.6) is 11.5 Å². The molecule has 0 saturated heterocycles. The van der Waals surface area contributed by atoms with Crippen LogP contribution in [0.1, 0.15) is 26.3 Å². The summed E-state index contributed by atoms with van der Waals surface area (Å²) in [5.41, 5.74) is 0.621. The smallest absolute Gasteiger partial charge is 0.126 e. The third kappa shape index (κ3) is 4.11. The van der Waals surface area contributed by atoms with E-state index in [9.17, 15) is 5.11 Å². The van der Waals surface area contributed by atoms with E-state index in [1.54, 1.807) is 12.1 Å². The van der Waals surface area contributed by atoms with Gasteiger partial charge in [0, 0.05) is 5.56 Å². The fourth-order valence-corrected chi connectivity index (χ4v) is 1.26. The SMILES string of the molecule is Cc1c(O)cccc1OCCOC(C)(C)C. The zero-order chi connectivity index (χ0) is 12.2. The Morgan fingerprint density at radius 1 is 1.19 bits per heavy atom. The van der Waals surface area contributed by atoms with E-state index in [2.05, 4.69) is 0 Å². The first kappa shape index (κ1) is 12.8. The van der Waals surface area contributed by atoms with Crippen molar-refractivity contribution in [2.24, 2.45) is 0 Å². The Morgan fingerprint density at radius 2 is 1.88 bits per heavy atom. The van der Waals surface area contributed by atoms with Crippen molar-refractivity contribution in [1.82, 2.24) is 0 Å². The zero-order valence-electron chi connectivity index (χ0n) is 10.4. The predicted octanol–water partition coefficient (Wildman–Crippen LogP) is 2.89. The van der Waals surface area contributed by atoms with E-state index >= 15 is 0 Å². The van der Waals surface area contributed by atoms with Gasteiger partial charge < -0.3 is 14.6 Å². The van der Waals surface area contributed by atoms with E-state index in [0.717, 1.165) is 5.56 Å². The van der Waals surface area contributed by atoms with Crippen molar-refractivity contribution >= 4 is 0 Å². The van der Waals surface area contributed by atoms with Gasteiger partial charge in [-0.3, -0.25) is 0 Å². The van der Waals surface area contributed by atoms with Crippen molar-refractivity contribution in [3.63, 3.8) is 0 Å². The number of benzene rings is 1. The van der Waals surface area contributed by atoms with Crippen LogP contribution < -0.4 is 4.74 Å². The summed E-state index contributed by atoms with van der Waals surface area (Å²) in [5, 5.41) is 9.47. The summed E-state index contributed by atoms with van der Waals surface area (Å²) in [7, 11) is 0. The van der Waals surface area contributed by atoms with Crippen LogP contribution in [0.25, 0.3) is 0 Å². The summed E-state index contributed by atoms with van der Waals surface area (Å²) >= 11 is 0. The minimum Gasteiger partial charge on any atom is -0.508 e. The number of phenols is 1. The van der Waals surface area contributed by atoms with Gasteiger partial charge >= 0.3 is 0 Å². The Balaban J connectivity index is 2.41. The summed E-state index contributed by atoms with van der Waals surface area (Å²) in [6.07, 6.45) is 0. The highest BCUT2D eigenvalue weighted by atomic mass is 16.5. The van der Waals surface area contributed by atoms with E-state index in [1.165, 1.54) is 0 Å². The normalized spacial score (nSPS) is 11.5. The highest BCUT2D eigenvalue weighted by molar-refractivity contribution is 5.42. The van der Waals surface area contributed by atoms with Gasteiger partial charge in [0.15, 0.2) is 0 Å². The molecule has 1 aromatic carbocycles. The van der Waals surface area contributed by atoms with Crippen LogP contribution in [-0.2, 0) is 4.74 Å². The van der Waals surface area contributed by atoms with Gasteiger partial charge in [-0.2, -0.15) is 0 Å². The summed E-state index contributed by atoms with van der Waals surface area (Å²) in [6.45, 7) is 8.88. The summed E-state index contributed by atoms with van der Waals surface area (Å²) in [4.78, 5) is 0. The first-order chi connectivity index (χ1) is 7.40. The quantitative estimate of drug-likeness (QED) is 0.799. The first-order valence-electron chi connectivity index (χ1n) is 5.45. The van der Waals surface area contributed by atoms with E-state index in [1.807, 2.05) is 33.8 Å². The molecular formula is C13H20O3. The molecule has 1 N–H and O–H groups in total. The second-order valence-electron chi connectivity index (χ2n) is 4.71.